The molecule has 36 heavy (non-hydrogen) atoms. The van der Waals surface area contributed by atoms with Crippen molar-refractivity contribution in [2.75, 3.05) is 14.2 Å². The van der Waals surface area contributed by atoms with Crippen molar-refractivity contribution in [2.24, 2.45) is 5.92 Å². The van der Waals surface area contributed by atoms with Crippen molar-refractivity contribution in [3.8, 4) is 28.7 Å². The Morgan fingerprint density at radius 3 is 2.14 bits per heavy atom. The maximum atomic E-state index is 10.9. The summed E-state index contributed by atoms with van der Waals surface area (Å²) in [5.74, 6) is 1.24. The predicted molar refractivity (Wildman–Crippen MR) is 139 cm³/mol. The molecule has 0 aliphatic heterocycles. The Morgan fingerprint density at radius 2 is 1.53 bits per heavy atom. The molecule has 0 heterocycles. The van der Waals surface area contributed by atoms with Crippen LogP contribution in [0.3, 0.4) is 0 Å². The lowest BCUT2D eigenvalue weighted by atomic mass is 9.88. The van der Waals surface area contributed by atoms with Crippen molar-refractivity contribution in [1.82, 2.24) is 0 Å². The highest BCUT2D eigenvalue weighted by atomic mass is 16.5. The van der Waals surface area contributed by atoms with E-state index in [-0.39, 0.29) is 29.9 Å². The van der Waals surface area contributed by atoms with Gasteiger partial charge < -0.3 is 34.6 Å². The van der Waals surface area contributed by atoms with E-state index in [0.29, 0.717) is 36.5 Å². The van der Waals surface area contributed by atoms with Gasteiger partial charge in [0.25, 0.3) is 0 Å². The van der Waals surface area contributed by atoms with Crippen molar-refractivity contribution in [2.45, 2.75) is 89.4 Å². The second-order valence-corrected chi connectivity index (χ2v) is 9.90. The number of aliphatic hydroxyl groups is 2. The number of benzene rings is 2. The van der Waals surface area contributed by atoms with Crippen LogP contribution in [0, 0.1) is 5.92 Å². The molecule has 0 amide bonds. The molecule has 0 radical (unpaired) electrons. The highest BCUT2D eigenvalue weighted by Crippen LogP contribution is 2.37. The number of methoxy groups -OCH3 is 2. The van der Waals surface area contributed by atoms with Gasteiger partial charge in [-0.05, 0) is 92.7 Å². The highest BCUT2D eigenvalue weighted by Gasteiger charge is 2.23. The number of hydrogen-bond donors (Lipinski definition) is 4. The third kappa shape index (κ3) is 7.68. The molecule has 200 valence electrons. The maximum absolute atomic E-state index is 10.9. The number of phenols is 2. The van der Waals surface area contributed by atoms with E-state index in [1.54, 1.807) is 18.2 Å². The zero-order valence-electron chi connectivity index (χ0n) is 21.8. The quantitative estimate of drug-likeness (QED) is 0.300. The Labute approximate surface area is 214 Å². The molecule has 3 unspecified atom stereocenters. The van der Waals surface area contributed by atoms with Gasteiger partial charge in [-0.25, -0.2) is 0 Å². The van der Waals surface area contributed by atoms with Crippen LogP contribution in [0.2, 0.25) is 0 Å². The van der Waals surface area contributed by atoms with Gasteiger partial charge in [-0.2, -0.15) is 0 Å². The number of aliphatic hydroxyl groups excluding tert-OH is 2. The van der Waals surface area contributed by atoms with Gasteiger partial charge >= 0.3 is 0 Å². The normalized spacial score (nSPS) is 16.8. The van der Waals surface area contributed by atoms with Crippen LogP contribution in [0.1, 0.15) is 69.4 Å². The molecule has 2 aromatic rings. The molecule has 0 spiro atoms. The van der Waals surface area contributed by atoms with Gasteiger partial charge in [0.1, 0.15) is 0 Å². The molecule has 0 bridgehead atoms. The molecular weight excluding hydrogens is 460 g/mol. The Balaban J connectivity index is 1.56. The summed E-state index contributed by atoms with van der Waals surface area (Å²) in [4.78, 5) is 0. The van der Waals surface area contributed by atoms with Gasteiger partial charge in [-0.1, -0.05) is 25.8 Å². The highest BCUT2D eigenvalue weighted by molar-refractivity contribution is 5.52. The minimum absolute atomic E-state index is 0.0272. The summed E-state index contributed by atoms with van der Waals surface area (Å²) < 4.78 is 16.5. The summed E-state index contributed by atoms with van der Waals surface area (Å²) in [6.07, 6.45) is 7.09. The summed E-state index contributed by atoms with van der Waals surface area (Å²) in [7, 11) is 2.96. The molecule has 4 N–H and O–H groups in total. The summed E-state index contributed by atoms with van der Waals surface area (Å²) in [5, 5.41) is 41.9. The molecule has 0 saturated heterocycles. The summed E-state index contributed by atoms with van der Waals surface area (Å²) >= 11 is 0. The third-order valence-corrected chi connectivity index (χ3v) is 7.26. The fourth-order valence-electron chi connectivity index (χ4n) is 5.01. The topological polar surface area (TPSA) is 109 Å². The fraction of sp³-hybridized carbons (Fsp3) is 0.586. The predicted octanol–water partition coefficient (Wildman–Crippen LogP) is 5.14. The number of phenolic OH excluding ortho intramolecular Hbond substituents is 2. The van der Waals surface area contributed by atoms with E-state index in [1.807, 2.05) is 19.1 Å². The van der Waals surface area contributed by atoms with Gasteiger partial charge in [-0.15, -0.1) is 0 Å². The van der Waals surface area contributed by atoms with Crippen LogP contribution in [0.15, 0.2) is 30.3 Å². The standard InChI is InChI=1S/C29H42O7/c1-4-21(14-19-11-13-24(31)26(15-19)36-23-8-6-5-7-9-23)25(32)18-22(30)12-10-20-16-27(34-2)29(33)28(17-20)35-3/h11,13,15-17,21-23,25,30-33H,4-10,12,14,18H2,1-3H3. The van der Waals surface area contributed by atoms with Crippen molar-refractivity contribution in [3.63, 3.8) is 0 Å². The van der Waals surface area contributed by atoms with Crippen LogP contribution in [0.4, 0.5) is 0 Å². The van der Waals surface area contributed by atoms with Gasteiger partial charge in [-0.3, -0.25) is 0 Å². The molecule has 1 fully saturated rings. The molecule has 2 aromatic carbocycles. The number of ether oxygens (including phenoxy) is 3. The zero-order chi connectivity index (χ0) is 26.1. The zero-order valence-corrected chi connectivity index (χ0v) is 21.8. The number of aromatic hydroxyl groups is 2. The number of aryl methyl sites for hydroxylation is 1. The second kappa shape index (κ2) is 13.6. The second-order valence-electron chi connectivity index (χ2n) is 9.90. The monoisotopic (exact) mass is 502 g/mol. The van der Waals surface area contributed by atoms with Crippen molar-refractivity contribution >= 4 is 0 Å². The lowest BCUT2D eigenvalue weighted by Gasteiger charge is -2.25. The van der Waals surface area contributed by atoms with Crippen molar-refractivity contribution in [1.29, 1.82) is 0 Å². The van der Waals surface area contributed by atoms with E-state index in [1.165, 1.54) is 20.6 Å². The Morgan fingerprint density at radius 1 is 0.889 bits per heavy atom. The van der Waals surface area contributed by atoms with Crippen LogP contribution in [-0.4, -0.2) is 53.0 Å². The van der Waals surface area contributed by atoms with Crippen LogP contribution >= 0.6 is 0 Å². The van der Waals surface area contributed by atoms with E-state index >= 15 is 0 Å². The van der Waals surface area contributed by atoms with Crippen molar-refractivity contribution in [3.05, 3.63) is 41.5 Å². The summed E-state index contributed by atoms with van der Waals surface area (Å²) in [6.45, 7) is 2.04. The molecule has 3 rings (SSSR count). The molecule has 3 atom stereocenters. The fourth-order valence-corrected chi connectivity index (χ4v) is 5.01. The first-order valence-corrected chi connectivity index (χ1v) is 13.1. The molecule has 7 nitrogen and oxygen atoms in total. The van der Waals surface area contributed by atoms with Crippen LogP contribution in [0.5, 0.6) is 28.7 Å². The first-order chi connectivity index (χ1) is 17.3. The lowest BCUT2D eigenvalue weighted by Crippen LogP contribution is -2.27. The third-order valence-electron chi connectivity index (χ3n) is 7.26. The summed E-state index contributed by atoms with van der Waals surface area (Å²) in [5.41, 5.74) is 1.87. The minimum atomic E-state index is -0.676. The van der Waals surface area contributed by atoms with Gasteiger partial charge in [0.05, 0.1) is 32.5 Å². The van der Waals surface area contributed by atoms with E-state index in [4.69, 9.17) is 14.2 Å². The average molecular weight is 503 g/mol. The molecule has 1 aliphatic rings. The van der Waals surface area contributed by atoms with Crippen LogP contribution < -0.4 is 14.2 Å². The number of hydrogen-bond acceptors (Lipinski definition) is 7. The molecule has 0 aromatic heterocycles. The molecule has 1 aliphatic carbocycles. The van der Waals surface area contributed by atoms with E-state index < -0.39 is 12.2 Å². The van der Waals surface area contributed by atoms with E-state index in [2.05, 4.69) is 0 Å². The van der Waals surface area contributed by atoms with Gasteiger partial charge in [0.15, 0.2) is 23.0 Å². The molecule has 1 saturated carbocycles. The van der Waals surface area contributed by atoms with Crippen LogP contribution in [0.25, 0.3) is 0 Å². The smallest absolute Gasteiger partial charge is 0.200 e. The first-order valence-electron chi connectivity index (χ1n) is 13.1. The summed E-state index contributed by atoms with van der Waals surface area (Å²) in [6, 6.07) is 8.89. The SMILES string of the molecule is CCC(Cc1ccc(O)c(OC2CCCCC2)c1)C(O)CC(O)CCc1cc(OC)c(O)c(OC)c1. The van der Waals surface area contributed by atoms with Gasteiger partial charge in [0, 0.05) is 0 Å². The largest absolute Gasteiger partial charge is 0.504 e. The van der Waals surface area contributed by atoms with Gasteiger partial charge in [0.2, 0.25) is 5.75 Å². The lowest BCUT2D eigenvalue weighted by molar-refractivity contribution is 0.0389. The van der Waals surface area contributed by atoms with E-state index in [9.17, 15) is 20.4 Å². The minimum Gasteiger partial charge on any atom is -0.504 e. The average Bonchev–Trinajstić information content (AvgIpc) is 2.88. The van der Waals surface area contributed by atoms with Crippen molar-refractivity contribution < 1.29 is 34.6 Å². The Kier molecular flexibility index (Phi) is 10.6. The Hall–Kier alpha value is -2.64. The Bertz CT molecular complexity index is 930. The van der Waals surface area contributed by atoms with E-state index in [0.717, 1.165) is 43.2 Å². The van der Waals surface area contributed by atoms with Crippen LogP contribution in [-0.2, 0) is 12.8 Å². The maximum Gasteiger partial charge on any atom is 0.200 e. The molecular formula is C29H42O7. The molecule has 7 heteroatoms. The number of rotatable bonds is 13. The first kappa shape index (κ1) is 27.9.